The maximum Gasteiger partial charge on any atom is 0.336 e. The molecule has 3 rings (SSSR count). The molecule has 1 aliphatic heterocycles. The highest BCUT2D eigenvalue weighted by Crippen LogP contribution is 2.46. The minimum absolute atomic E-state index is 0.513. The van der Waals surface area contributed by atoms with Gasteiger partial charge in [0.15, 0.2) is 5.54 Å². The molecule has 1 heterocycles. The molecule has 3 amide bonds. The molecule has 0 radical (unpaired) electrons. The quantitative estimate of drug-likeness (QED) is 0.469. The van der Waals surface area contributed by atoms with Gasteiger partial charge in [-0.05, 0) is 11.1 Å². The highest BCUT2D eigenvalue weighted by Gasteiger charge is 2.55. The third-order valence-electron chi connectivity index (χ3n) is 3.59. The Balaban J connectivity index is 2.14. The molecule has 24 heavy (non-hydrogen) atoms. The van der Waals surface area contributed by atoms with Gasteiger partial charge >= 0.3 is 6.03 Å². The molecule has 0 saturated carbocycles. The number of hydrogen-bond acceptors (Lipinski definition) is 3. The molecule has 0 aliphatic carbocycles. The maximum absolute atomic E-state index is 13.2. The number of rotatable bonds is 3. The zero-order valence-electron chi connectivity index (χ0n) is 12.1. The Morgan fingerprint density at radius 3 is 1.75 bits per heavy atom. The third kappa shape index (κ3) is 3.09. The first-order chi connectivity index (χ1) is 11.3. The van der Waals surface area contributed by atoms with E-state index in [1.54, 1.807) is 48.5 Å². The molecule has 2 aromatic carbocycles. The van der Waals surface area contributed by atoms with E-state index in [9.17, 15) is 9.59 Å². The first-order valence-electron chi connectivity index (χ1n) is 6.88. The van der Waals surface area contributed by atoms with Crippen molar-refractivity contribution in [2.45, 2.75) is 8.66 Å². The highest BCUT2D eigenvalue weighted by atomic mass is 35.6. The van der Waals surface area contributed by atoms with E-state index in [1.165, 1.54) is 0 Å². The van der Waals surface area contributed by atoms with E-state index in [0.717, 1.165) is 4.31 Å². The molecule has 1 fully saturated rings. The third-order valence-corrected chi connectivity index (χ3v) is 4.93. The number of urea groups is 1. The summed E-state index contributed by atoms with van der Waals surface area (Å²) in [7, 11) is 0. The molecular formula is C16H11Cl3N2O2S. The van der Waals surface area contributed by atoms with Crippen molar-refractivity contribution in [3.05, 3.63) is 71.8 Å². The molecular weight excluding hydrogens is 391 g/mol. The summed E-state index contributed by atoms with van der Waals surface area (Å²) in [6.07, 6.45) is 0. The zero-order chi connectivity index (χ0) is 17.4. The fourth-order valence-electron chi connectivity index (χ4n) is 2.63. The van der Waals surface area contributed by atoms with Crippen molar-refractivity contribution in [1.29, 1.82) is 0 Å². The van der Waals surface area contributed by atoms with Crippen LogP contribution in [0.2, 0.25) is 0 Å². The van der Waals surface area contributed by atoms with Crippen molar-refractivity contribution in [3.63, 3.8) is 0 Å². The number of imide groups is 1. The lowest BCUT2D eigenvalue weighted by Crippen LogP contribution is -2.44. The largest absolute Gasteiger partial charge is 0.336 e. The van der Waals surface area contributed by atoms with Crippen LogP contribution in [0.3, 0.4) is 0 Å². The second kappa shape index (κ2) is 6.48. The SMILES string of the molecule is O=C1NC(c2ccccc2)(c2ccccc2)C(=O)N1SC(Cl)(Cl)Cl. The van der Waals surface area contributed by atoms with Crippen molar-refractivity contribution in [3.8, 4) is 0 Å². The van der Waals surface area contributed by atoms with Crippen LogP contribution in [0.1, 0.15) is 11.1 Å². The van der Waals surface area contributed by atoms with Crippen LogP contribution in [-0.2, 0) is 10.3 Å². The van der Waals surface area contributed by atoms with Gasteiger partial charge < -0.3 is 5.32 Å². The van der Waals surface area contributed by atoms with Crippen LogP contribution < -0.4 is 5.32 Å². The second-order valence-corrected chi connectivity index (χ2v) is 9.16. The number of alkyl halides is 3. The predicted octanol–water partition coefficient (Wildman–Crippen LogP) is 4.46. The van der Waals surface area contributed by atoms with Crippen LogP contribution in [0.5, 0.6) is 0 Å². The van der Waals surface area contributed by atoms with Gasteiger partial charge in [0.25, 0.3) is 9.03 Å². The Morgan fingerprint density at radius 2 is 1.33 bits per heavy atom. The number of carbonyl (C=O) groups excluding carboxylic acids is 2. The minimum atomic E-state index is -1.84. The number of nitrogens with one attached hydrogen (secondary N) is 1. The van der Waals surface area contributed by atoms with Crippen molar-refractivity contribution >= 4 is 58.7 Å². The van der Waals surface area contributed by atoms with Crippen molar-refractivity contribution in [2.75, 3.05) is 0 Å². The number of amides is 3. The summed E-state index contributed by atoms with van der Waals surface area (Å²) in [5.41, 5.74) is -0.105. The number of halogens is 3. The highest BCUT2D eigenvalue weighted by molar-refractivity contribution is 8.03. The minimum Gasteiger partial charge on any atom is -0.315 e. The lowest BCUT2D eigenvalue weighted by atomic mass is 9.83. The monoisotopic (exact) mass is 400 g/mol. The van der Waals surface area contributed by atoms with Crippen molar-refractivity contribution in [2.24, 2.45) is 0 Å². The second-order valence-electron chi connectivity index (χ2n) is 5.05. The average Bonchev–Trinajstić information content (AvgIpc) is 2.81. The van der Waals surface area contributed by atoms with Gasteiger partial charge in [-0.1, -0.05) is 95.5 Å². The molecule has 8 heteroatoms. The summed E-state index contributed by atoms with van der Waals surface area (Å²) >= 11 is 17.8. The summed E-state index contributed by atoms with van der Waals surface area (Å²) in [6.45, 7) is 0. The fourth-order valence-corrected chi connectivity index (χ4v) is 3.81. The maximum atomic E-state index is 13.2. The molecule has 0 atom stereocenters. The Bertz CT molecular complexity index is 726. The summed E-state index contributed by atoms with van der Waals surface area (Å²) in [4.78, 5) is 25.6. The number of benzene rings is 2. The van der Waals surface area contributed by atoms with E-state index in [1.807, 2.05) is 12.1 Å². The van der Waals surface area contributed by atoms with Gasteiger partial charge in [-0.2, -0.15) is 4.31 Å². The first kappa shape index (κ1) is 17.4. The number of carbonyl (C=O) groups is 2. The van der Waals surface area contributed by atoms with Crippen molar-refractivity contribution in [1.82, 2.24) is 9.62 Å². The predicted molar refractivity (Wildman–Crippen MR) is 96.9 cm³/mol. The van der Waals surface area contributed by atoms with E-state index >= 15 is 0 Å². The van der Waals surface area contributed by atoms with E-state index in [-0.39, 0.29) is 0 Å². The van der Waals surface area contributed by atoms with E-state index in [4.69, 9.17) is 34.8 Å². The topological polar surface area (TPSA) is 49.4 Å². The van der Waals surface area contributed by atoms with Crippen LogP contribution in [-0.4, -0.2) is 19.4 Å². The van der Waals surface area contributed by atoms with Crippen LogP contribution in [0, 0.1) is 0 Å². The summed E-state index contributed by atoms with van der Waals surface area (Å²) in [6, 6.07) is 17.3. The molecule has 0 aromatic heterocycles. The number of hydrogen-bond donors (Lipinski definition) is 1. The molecule has 1 aliphatic rings. The normalized spacial score (nSPS) is 17.0. The standard InChI is InChI=1S/C16H11Cl3N2O2S/c17-16(18,19)24-21-13(22)15(20-14(21)23,11-7-3-1-4-8-11)12-9-5-2-6-10-12/h1-10H,(H,20,23). The Labute approximate surface area is 158 Å². The Hall–Kier alpha value is -1.40. The van der Waals surface area contributed by atoms with Crippen molar-refractivity contribution < 1.29 is 9.59 Å². The van der Waals surface area contributed by atoms with Crippen LogP contribution in [0.15, 0.2) is 60.7 Å². The smallest absolute Gasteiger partial charge is 0.315 e. The molecule has 0 unspecified atom stereocenters. The molecule has 4 nitrogen and oxygen atoms in total. The molecule has 2 aromatic rings. The van der Waals surface area contributed by atoms with Gasteiger partial charge in [-0.25, -0.2) is 4.79 Å². The lowest BCUT2D eigenvalue weighted by Gasteiger charge is -2.28. The Kier molecular flexibility index (Phi) is 4.71. The Morgan fingerprint density at radius 1 is 0.875 bits per heavy atom. The fraction of sp³-hybridized carbons (Fsp3) is 0.125. The van der Waals surface area contributed by atoms with Crippen LogP contribution in [0.4, 0.5) is 4.79 Å². The lowest BCUT2D eigenvalue weighted by molar-refractivity contribution is -0.126. The van der Waals surface area contributed by atoms with E-state index in [0.29, 0.717) is 23.1 Å². The summed E-state index contributed by atoms with van der Waals surface area (Å²) in [5.74, 6) is -0.513. The number of nitrogens with zero attached hydrogens (tertiary/aromatic N) is 1. The summed E-state index contributed by atoms with van der Waals surface area (Å²) < 4.78 is -0.983. The molecule has 1 N–H and O–H groups in total. The van der Waals surface area contributed by atoms with Gasteiger partial charge in [0.1, 0.15) is 0 Å². The molecule has 0 spiro atoms. The van der Waals surface area contributed by atoms with E-state index in [2.05, 4.69) is 5.32 Å². The van der Waals surface area contributed by atoms with Gasteiger partial charge in [0, 0.05) is 11.9 Å². The zero-order valence-corrected chi connectivity index (χ0v) is 15.2. The first-order valence-corrected chi connectivity index (χ1v) is 8.79. The van der Waals surface area contributed by atoms with Crippen LogP contribution >= 0.6 is 46.8 Å². The molecule has 0 bridgehead atoms. The van der Waals surface area contributed by atoms with Gasteiger partial charge in [0.2, 0.25) is 0 Å². The molecule has 124 valence electrons. The van der Waals surface area contributed by atoms with Gasteiger partial charge in [-0.15, -0.1) is 0 Å². The van der Waals surface area contributed by atoms with E-state index < -0.39 is 20.6 Å². The average molecular weight is 402 g/mol. The van der Waals surface area contributed by atoms with Gasteiger partial charge in [-0.3, -0.25) is 4.79 Å². The summed E-state index contributed by atoms with van der Waals surface area (Å²) in [5, 5.41) is 2.76. The van der Waals surface area contributed by atoms with Crippen LogP contribution in [0.25, 0.3) is 0 Å². The van der Waals surface area contributed by atoms with Gasteiger partial charge in [0.05, 0.1) is 0 Å². The molecule has 1 saturated heterocycles.